The summed E-state index contributed by atoms with van der Waals surface area (Å²) >= 11 is 6.03. The van der Waals surface area contributed by atoms with E-state index in [4.69, 9.17) is 21.1 Å². The largest absolute Gasteiger partial charge is 0.461 e. The van der Waals surface area contributed by atoms with Gasteiger partial charge in [0.1, 0.15) is 19.3 Å². The van der Waals surface area contributed by atoms with Crippen LogP contribution in [-0.4, -0.2) is 24.0 Å². The van der Waals surface area contributed by atoms with Gasteiger partial charge in [0.05, 0.1) is 6.42 Å². The maximum absolute atomic E-state index is 13.0. The molecule has 3 aromatic rings. The van der Waals surface area contributed by atoms with Gasteiger partial charge in [-0.3, -0.25) is 9.59 Å². The molecule has 8 heteroatoms. The van der Waals surface area contributed by atoms with Gasteiger partial charge < -0.3 is 20.1 Å². The van der Waals surface area contributed by atoms with Crippen molar-refractivity contribution in [2.24, 2.45) is 0 Å². The number of carbonyl (C=O) groups excluding carboxylic acids is 3. The van der Waals surface area contributed by atoms with Crippen LogP contribution in [0.25, 0.3) is 0 Å². The van der Waals surface area contributed by atoms with E-state index in [1.165, 1.54) is 0 Å². The molecule has 0 saturated carbocycles. The fourth-order valence-corrected chi connectivity index (χ4v) is 3.20. The summed E-state index contributed by atoms with van der Waals surface area (Å²) < 4.78 is 10.5. The van der Waals surface area contributed by atoms with Crippen LogP contribution < -0.4 is 10.6 Å². The summed E-state index contributed by atoms with van der Waals surface area (Å²) in [5.74, 6) is -1.24. The molecule has 0 aliphatic carbocycles. The zero-order valence-electron chi connectivity index (χ0n) is 18.6. The molecule has 176 valence electrons. The lowest BCUT2D eigenvalue weighted by Gasteiger charge is -2.19. The molecule has 0 unspecified atom stereocenters. The highest BCUT2D eigenvalue weighted by atomic mass is 35.5. The minimum Gasteiger partial charge on any atom is -0.461 e. The van der Waals surface area contributed by atoms with Crippen LogP contribution in [0.15, 0.2) is 78.9 Å². The Morgan fingerprint density at radius 2 is 1.44 bits per heavy atom. The first-order valence-electron chi connectivity index (χ1n) is 10.6. The molecular weight excluding hydrogens is 456 g/mol. The highest BCUT2D eigenvalue weighted by molar-refractivity contribution is 6.31. The maximum Gasteiger partial charge on any atom is 0.408 e. The van der Waals surface area contributed by atoms with Gasteiger partial charge >= 0.3 is 12.1 Å². The molecule has 3 aromatic carbocycles. The molecule has 34 heavy (non-hydrogen) atoms. The molecule has 0 spiro atoms. The highest BCUT2D eigenvalue weighted by Gasteiger charge is 2.26. The average Bonchev–Trinajstić information content (AvgIpc) is 2.84. The number of aryl methyl sites for hydroxylation is 1. The first-order valence-corrected chi connectivity index (χ1v) is 11.0. The number of rotatable bonds is 9. The minimum atomic E-state index is -1.22. The van der Waals surface area contributed by atoms with E-state index in [2.05, 4.69) is 10.6 Å². The molecule has 1 atom stereocenters. The summed E-state index contributed by atoms with van der Waals surface area (Å²) in [6.45, 7) is 1.88. The number of ether oxygens (including phenoxy) is 2. The van der Waals surface area contributed by atoms with Gasteiger partial charge in [0, 0.05) is 10.7 Å². The molecule has 0 bridgehead atoms. The van der Waals surface area contributed by atoms with Crippen molar-refractivity contribution in [2.45, 2.75) is 32.6 Å². The van der Waals surface area contributed by atoms with E-state index in [0.717, 1.165) is 16.7 Å². The van der Waals surface area contributed by atoms with Gasteiger partial charge in [-0.2, -0.15) is 0 Å². The van der Waals surface area contributed by atoms with Crippen LogP contribution in [0.4, 0.5) is 10.5 Å². The van der Waals surface area contributed by atoms with Crippen molar-refractivity contribution in [1.29, 1.82) is 0 Å². The number of nitrogens with one attached hydrogen (secondary N) is 2. The lowest BCUT2D eigenvalue weighted by Crippen LogP contribution is -2.45. The van der Waals surface area contributed by atoms with Crippen LogP contribution >= 0.6 is 11.6 Å². The van der Waals surface area contributed by atoms with Crippen LogP contribution in [0.2, 0.25) is 5.02 Å². The predicted octanol–water partition coefficient (Wildman–Crippen LogP) is 5.02. The molecule has 0 radical (unpaired) electrons. The second-order valence-corrected chi connectivity index (χ2v) is 7.99. The lowest BCUT2D eigenvalue weighted by molar-refractivity contribution is -0.146. The number of benzene rings is 3. The number of hydrogen-bond donors (Lipinski definition) is 2. The van der Waals surface area contributed by atoms with E-state index < -0.39 is 24.0 Å². The molecule has 0 heterocycles. The van der Waals surface area contributed by atoms with Gasteiger partial charge in [-0.25, -0.2) is 4.79 Å². The normalized spacial score (nSPS) is 11.2. The molecular formula is C26H25ClN2O5. The Morgan fingerprint density at radius 3 is 2.06 bits per heavy atom. The van der Waals surface area contributed by atoms with Crippen LogP contribution in [0.5, 0.6) is 0 Å². The third-order valence-corrected chi connectivity index (χ3v) is 5.13. The third-order valence-electron chi connectivity index (χ3n) is 4.89. The maximum atomic E-state index is 13.0. The molecule has 2 N–H and O–H groups in total. The molecule has 0 fully saturated rings. The predicted molar refractivity (Wildman–Crippen MR) is 129 cm³/mol. The number of hydrogen-bond acceptors (Lipinski definition) is 5. The second-order valence-electron chi connectivity index (χ2n) is 7.56. The topological polar surface area (TPSA) is 93.7 Å². The van der Waals surface area contributed by atoms with Crippen molar-refractivity contribution in [3.8, 4) is 0 Å². The van der Waals surface area contributed by atoms with Gasteiger partial charge in [-0.1, -0.05) is 78.3 Å². The second kappa shape index (κ2) is 12.4. The van der Waals surface area contributed by atoms with Gasteiger partial charge in [-0.05, 0) is 35.7 Å². The Bertz CT molecular complexity index is 1070. The number of esters is 1. The monoisotopic (exact) mass is 480 g/mol. The highest BCUT2D eigenvalue weighted by Crippen LogP contribution is 2.20. The SMILES string of the molecule is Cc1ccc(Cl)cc1NC(=O)[C@H](CC(=O)OCc1ccccc1)NC(=O)OCc1ccccc1. The number of carbonyl (C=O) groups is 3. The first kappa shape index (κ1) is 24.8. The summed E-state index contributed by atoms with van der Waals surface area (Å²) in [6.07, 6.45) is -1.21. The smallest absolute Gasteiger partial charge is 0.408 e. The van der Waals surface area contributed by atoms with Gasteiger partial charge in [0.25, 0.3) is 0 Å². The van der Waals surface area contributed by atoms with Crippen LogP contribution in [-0.2, 0) is 32.3 Å². The van der Waals surface area contributed by atoms with Crippen molar-refractivity contribution in [1.82, 2.24) is 5.32 Å². The number of halogens is 1. The Labute approximate surface area is 203 Å². The van der Waals surface area contributed by atoms with Crippen molar-refractivity contribution in [3.63, 3.8) is 0 Å². The fraction of sp³-hybridized carbons (Fsp3) is 0.192. The number of amides is 2. The van der Waals surface area contributed by atoms with E-state index in [0.29, 0.717) is 10.7 Å². The Morgan fingerprint density at radius 1 is 0.853 bits per heavy atom. The van der Waals surface area contributed by atoms with Crippen LogP contribution in [0, 0.1) is 6.92 Å². The number of alkyl carbamates (subject to hydrolysis) is 1. The minimum absolute atomic E-state index is 0.0207. The Hall–Kier alpha value is -3.84. The molecule has 0 saturated heterocycles. The average molecular weight is 481 g/mol. The molecule has 3 rings (SSSR count). The van der Waals surface area contributed by atoms with E-state index >= 15 is 0 Å². The Balaban J connectivity index is 1.65. The van der Waals surface area contributed by atoms with Crippen molar-refractivity contribution in [3.05, 3.63) is 101 Å². The molecule has 7 nitrogen and oxygen atoms in total. The van der Waals surface area contributed by atoms with E-state index in [1.54, 1.807) is 37.3 Å². The van der Waals surface area contributed by atoms with E-state index in [9.17, 15) is 14.4 Å². The van der Waals surface area contributed by atoms with Gasteiger partial charge in [0.15, 0.2) is 0 Å². The molecule has 0 aromatic heterocycles. The Kier molecular flexibility index (Phi) is 9.05. The van der Waals surface area contributed by atoms with Gasteiger partial charge in [-0.15, -0.1) is 0 Å². The summed E-state index contributed by atoms with van der Waals surface area (Å²) in [5, 5.41) is 5.61. The van der Waals surface area contributed by atoms with E-state index in [-0.39, 0.29) is 19.6 Å². The molecule has 2 amide bonds. The van der Waals surface area contributed by atoms with Crippen molar-refractivity contribution >= 4 is 35.3 Å². The zero-order chi connectivity index (χ0) is 24.3. The van der Waals surface area contributed by atoms with Crippen LogP contribution in [0.3, 0.4) is 0 Å². The molecule has 0 aliphatic heterocycles. The van der Waals surface area contributed by atoms with Crippen molar-refractivity contribution < 1.29 is 23.9 Å². The van der Waals surface area contributed by atoms with Crippen LogP contribution in [0.1, 0.15) is 23.1 Å². The standard InChI is InChI=1S/C26H25ClN2O5/c1-18-12-13-21(27)14-22(18)28-25(31)23(15-24(30)33-16-19-8-4-2-5-9-19)29-26(32)34-17-20-10-6-3-7-11-20/h2-14,23H,15-17H2,1H3,(H,28,31)(H,29,32)/t23-/m0/s1. The van der Waals surface area contributed by atoms with Gasteiger partial charge in [0.2, 0.25) is 5.91 Å². The summed E-state index contributed by atoms with van der Waals surface area (Å²) in [4.78, 5) is 37.8. The van der Waals surface area contributed by atoms with Crippen molar-refractivity contribution in [2.75, 3.05) is 5.32 Å². The number of anilines is 1. The van der Waals surface area contributed by atoms with E-state index in [1.807, 2.05) is 48.5 Å². The molecule has 0 aliphatic rings. The first-order chi connectivity index (χ1) is 16.4. The summed E-state index contributed by atoms with van der Waals surface area (Å²) in [6, 6.07) is 22.1. The summed E-state index contributed by atoms with van der Waals surface area (Å²) in [5.41, 5.74) is 2.84. The summed E-state index contributed by atoms with van der Waals surface area (Å²) in [7, 11) is 0. The lowest BCUT2D eigenvalue weighted by atomic mass is 10.1. The zero-order valence-corrected chi connectivity index (χ0v) is 19.4. The third kappa shape index (κ3) is 7.94. The fourth-order valence-electron chi connectivity index (χ4n) is 3.03. The quantitative estimate of drug-likeness (QED) is 0.419.